The van der Waals surface area contributed by atoms with Gasteiger partial charge in [-0.1, -0.05) is 12.1 Å². The average Bonchev–Trinajstić information content (AvgIpc) is 3.07. The Morgan fingerprint density at radius 2 is 2.35 bits per heavy atom. The molecule has 0 spiro atoms. The number of aromatic nitrogens is 1. The molecule has 5 heteroatoms. The standard InChI is InChI=1S/C15H16N2O2S/c1-10-16-14(9-20-10)11-3-2-4-12(7-11)15(19)17-6-5-13(18)8-17/h2-4,7,9,13,18H,5-6,8H2,1H3/t13-/m1/s1. The quantitative estimate of drug-likeness (QED) is 0.922. The van der Waals surface area contributed by atoms with Crippen LogP contribution in [0.3, 0.4) is 0 Å². The van der Waals surface area contributed by atoms with Gasteiger partial charge in [0.2, 0.25) is 0 Å². The molecule has 0 aliphatic carbocycles. The first-order valence-corrected chi connectivity index (χ1v) is 7.51. The van der Waals surface area contributed by atoms with Gasteiger partial charge >= 0.3 is 0 Å². The van der Waals surface area contributed by atoms with Crippen molar-refractivity contribution in [2.45, 2.75) is 19.4 Å². The Morgan fingerprint density at radius 1 is 1.50 bits per heavy atom. The van der Waals surface area contributed by atoms with Gasteiger partial charge in [0.15, 0.2) is 0 Å². The van der Waals surface area contributed by atoms with E-state index in [4.69, 9.17) is 0 Å². The van der Waals surface area contributed by atoms with Gasteiger partial charge in [0.25, 0.3) is 5.91 Å². The van der Waals surface area contributed by atoms with Crippen molar-refractivity contribution in [3.63, 3.8) is 0 Å². The fourth-order valence-corrected chi connectivity index (χ4v) is 3.04. The second-order valence-electron chi connectivity index (χ2n) is 5.03. The van der Waals surface area contributed by atoms with Crippen LogP contribution in [0.5, 0.6) is 0 Å². The Labute approximate surface area is 121 Å². The summed E-state index contributed by atoms with van der Waals surface area (Å²) in [5, 5.41) is 12.5. The molecule has 2 aromatic rings. The van der Waals surface area contributed by atoms with Gasteiger partial charge in [0.05, 0.1) is 16.8 Å². The number of β-amino-alcohol motifs (C(OH)–C–C–N with tert-alkyl or cyclic N) is 1. The maximum absolute atomic E-state index is 12.4. The van der Waals surface area contributed by atoms with E-state index in [0.717, 1.165) is 16.3 Å². The monoisotopic (exact) mass is 288 g/mol. The van der Waals surface area contributed by atoms with Crippen molar-refractivity contribution in [2.75, 3.05) is 13.1 Å². The lowest BCUT2D eigenvalue weighted by atomic mass is 10.1. The topological polar surface area (TPSA) is 53.4 Å². The van der Waals surface area contributed by atoms with Crippen LogP contribution in [-0.4, -0.2) is 40.1 Å². The smallest absolute Gasteiger partial charge is 0.253 e. The predicted molar refractivity (Wildman–Crippen MR) is 78.8 cm³/mol. The molecule has 1 saturated heterocycles. The number of hydrogen-bond acceptors (Lipinski definition) is 4. The Kier molecular flexibility index (Phi) is 3.54. The number of benzene rings is 1. The number of likely N-dealkylation sites (tertiary alicyclic amines) is 1. The van der Waals surface area contributed by atoms with E-state index in [1.165, 1.54) is 0 Å². The molecule has 20 heavy (non-hydrogen) atoms. The second-order valence-corrected chi connectivity index (χ2v) is 6.09. The normalized spacial score (nSPS) is 18.5. The molecule has 1 atom stereocenters. The van der Waals surface area contributed by atoms with E-state index >= 15 is 0 Å². The molecule has 3 rings (SSSR count). The van der Waals surface area contributed by atoms with Crippen molar-refractivity contribution in [3.8, 4) is 11.3 Å². The highest BCUT2D eigenvalue weighted by atomic mass is 32.1. The maximum Gasteiger partial charge on any atom is 0.253 e. The first kappa shape index (κ1) is 13.3. The van der Waals surface area contributed by atoms with Crippen molar-refractivity contribution in [3.05, 3.63) is 40.2 Å². The van der Waals surface area contributed by atoms with Crippen molar-refractivity contribution in [1.82, 2.24) is 9.88 Å². The van der Waals surface area contributed by atoms with E-state index in [1.807, 2.05) is 36.6 Å². The third-order valence-corrected chi connectivity index (χ3v) is 4.25. The van der Waals surface area contributed by atoms with Gasteiger partial charge in [-0.25, -0.2) is 4.98 Å². The summed E-state index contributed by atoms with van der Waals surface area (Å²) < 4.78 is 0. The first-order valence-electron chi connectivity index (χ1n) is 6.63. The van der Waals surface area contributed by atoms with Crippen LogP contribution in [0.15, 0.2) is 29.6 Å². The van der Waals surface area contributed by atoms with Crippen LogP contribution in [0.4, 0.5) is 0 Å². The predicted octanol–water partition coefficient (Wildman–Crippen LogP) is 2.33. The van der Waals surface area contributed by atoms with Crippen molar-refractivity contribution in [1.29, 1.82) is 0 Å². The highest BCUT2D eigenvalue weighted by Crippen LogP contribution is 2.23. The van der Waals surface area contributed by atoms with Crippen LogP contribution in [0.2, 0.25) is 0 Å². The number of amides is 1. The van der Waals surface area contributed by atoms with Gasteiger partial charge in [-0.05, 0) is 25.5 Å². The molecule has 2 heterocycles. The number of carbonyl (C=O) groups excluding carboxylic acids is 1. The van der Waals surface area contributed by atoms with Crippen molar-refractivity contribution >= 4 is 17.2 Å². The number of aliphatic hydroxyl groups is 1. The molecule has 1 amide bonds. The summed E-state index contributed by atoms with van der Waals surface area (Å²) in [6.07, 6.45) is 0.278. The van der Waals surface area contributed by atoms with Crippen LogP contribution in [0.25, 0.3) is 11.3 Å². The molecule has 1 aromatic carbocycles. The summed E-state index contributed by atoms with van der Waals surface area (Å²) in [7, 11) is 0. The van der Waals surface area contributed by atoms with E-state index in [2.05, 4.69) is 4.98 Å². The fraction of sp³-hybridized carbons (Fsp3) is 0.333. The van der Waals surface area contributed by atoms with Crippen LogP contribution in [0, 0.1) is 6.92 Å². The number of aryl methyl sites for hydroxylation is 1. The molecule has 0 bridgehead atoms. The van der Waals surface area contributed by atoms with Gasteiger partial charge in [0, 0.05) is 29.6 Å². The molecule has 1 aromatic heterocycles. The highest BCUT2D eigenvalue weighted by Gasteiger charge is 2.25. The summed E-state index contributed by atoms with van der Waals surface area (Å²) >= 11 is 1.60. The molecular weight excluding hydrogens is 272 g/mol. The van der Waals surface area contributed by atoms with Crippen LogP contribution < -0.4 is 0 Å². The van der Waals surface area contributed by atoms with Crippen LogP contribution in [0.1, 0.15) is 21.8 Å². The summed E-state index contributed by atoms with van der Waals surface area (Å²) in [6.45, 7) is 3.02. The van der Waals surface area contributed by atoms with Crippen LogP contribution in [-0.2, 0) is 0 Å². The van der Waals surface area contributed by atoms with E-state index in [-0.39, 0.29) is 12.0 Å². The molecule has 1 fully saturated rings. The van der Waals surface area contributed by atoms with E-state index < -0.39 is 0 Å². The maximum atomic E-state index is 12.4. The Morgan fingerprint density at radius 3 is 3.00 bits per heavy atom. The third-order valence-electron chi connectivity index (χ3n) is 3.47. The Hall–Kier alpha value is -1.72. The van der Waals surface area contributed by atoms with Gasteiger partial charge in [-0.2, -0.15) is 0 Å². The number of aliphatic hydroxyl groups excluding tert-OH is 1. The molecular formula is C15H16N2O2S. The fourth-order valence-electron chi connectivity index (χ4n) is 2.42. The zero-order valence-corrected chi connectivity index (χ0v) is 12.1. The molecule has 1 N–H and O–H groups in total. The molecule has 0 saturated carbocycles. The lowest BCUT2D eigenvalue weighted by molar-refractivity contribution is 0.0765. The Balaban J connectivity index is 1.86. The summed E-state index contributed by atoms with van der Waals surface area (Å²) in [6, 6.07) is 7.53. The number of nitrogens with zero attached hydrogens (tertiary/aromatic N) is 2. The minimum absolute atomic E-state index is 0.0182. The average molecular weight is 288 g/mol. The van der Waals surface area contributed by atoms with Gasteiger partial charge in [0.1, 0.15) is 0 Å². The number of rotatable bonds is 2. The number of carbonyl (C=O) groups is 1. The molecule has 4 nitrogen and oxygen atoms in total. The second kappa shape index (κ2) is 5.34. The summed E-state index contributed by atoms with van der Waals surface area (Å²) in [5.41, 5.74) is 2.52. The molecule has 0 unspecified atom stereocenters. The SMILES string of the molecule is Cc1nc(-c2cccc(C(=O)N3CC[C@@H](O)C3)c2)cs1. The Bertz CT molecular complexity index is 638. The van der Waals surface area contributed by atoms with Gasteiger partial charge in [-0.15, -0.1) is 11.3 Å². The first-order chi connectivity index (χ1) is 9.63. The number of hydrogen-bond donors (Lipinski definition) is 1. The number of thiazole rings is 1. The van der Waals surface area contributed by atoms with Crippen molar-refractivity contribution < 1.29 is 9.90 Å². The van der Waals surface area contributed by atoms with Gasteiger partial charge in [-0.3, -0.25) is 4.79 Å². The summed E-state index contributed by atoms with van der Waals surface area (Å²) in [4.78, 5) is 18.5. The minimum atomic E-state index is -0.386. The molecule has 0 radical (unpaired) electrons. The lowest BCUT2D eigenvalue weighted by Gasteiger charge is -2.15. The van der Waals surface area contributed by atoms with E-state index in [0.29, 0.717) is 25.1 Å². The minimum Gasteiger partial charge on any atom is -0.391 e. The molecule has 1 aliphatic rings. The van der Waals surface area contributed by atoms with E-state index in [1.54, 1.807) is 16.2 Å². The molecule has 104 valence electrons. The van der Waals surface area contributed by atoms with E-state index in [9.17, 15) is 9.90 Å². The largest absolute Gasteiger partial charge is 0.391 e. The summed E-state index contributed by atoms with van der Waals surface area (Å²) in [5.74, 6) is -0.0182. The van der Waals surface area contributed by atoms with Crippen LogP contribution >= 0.6 is 11.3 Å². The third kappa shape index (κ3) is 2.59. The lowest BCUT2D eigenvalue weighted by Crippen LogP contribution is -2.29. The zero-order valence-electron chi connectivity index (χ0n) is 11.2. The molecule has 1 aliphatic heterocycles. The van der Waals surface area contributed by atoms with Crippen molar-refractivity contribution in [2.24, 2.45) is 0 Å². The van der Waals surface area contributed by atoms with Gasteiger partial charge < -0.3 is 10.0 Å². The highest BCUT2D eigenvalue weighted by molar-refractivity contribution is 7.09. The zero-order chi connectivity index (χ0) is 14.1.